The lowest BCUT2D eigenvalue weighted by molar-refractivity contribution is 0.301. The summed E-state index contributed by atoms with van der Waals surface area (Å²) in [6, 6.07) is 11.1. The Bertz CT molecular complexity index is 1480. The summed E-state index contributed by atoms with van der Waals surface area (Å²) in [7, 11) is -8.40. The fourth-order valence-electron chi connectivity index (χ4n) is 5.40. The van der Waals surface area contributed by atoms with Crippen molar-refractivity contribution in [3.8, 4) is 0 Å². The zero-order valence-electron chi connectivity index (χ0n) is 19.5. The molecule has 37 heavy (non-hydrogen) atoms. The molecular weight excluding hydrogens is 599 g/mol. The summed E-state index contributed by atoms with van der Waals surface area (Å²) in [6.07, 6.45) is 3.82. The molecule has 1 spiro atoms. The molecule has 14 heteroatoms. The van der Waals surface area contributed by atoms with Crippen molar-refractivity contribution in [1.29, 1.82) is 0 Å². The van der Waals surface area contributed by atoms with Crippen LogP contribution >= 0.6 is 46.7 Å². The van der Waals surface area contributed by atoms with Crippen LogP contribution in [0.5, 0.6) is 0 Å². The average Bonchev–Trinajstić information content (AvgIpc) is 3.47. The zero-order valence-corrected chi connectivity index (χ0v) is 24.2. The van der Waals surface area contributed by atoms with E-state index in [0.29, 0.717) is 42.4 Å². The summed E-state index contributed by atoms with van der Waals surface area (Å²) >= 11 is 15.7. The van der Waals surface area contributed by atoms with Crippen molar-refractivity contribution in [2.45, 2.75) is 46.2 Å². The van der Waals surface area contributed by atoms with Crippen LogP contribution in [0, 0.1) is 0 Å². The molecule has 1 fully saturated rings. The van der Waals surface area contributed by atoms with E-state index in [1.54, 1.807) is 30.0 Å². The van der Waals surface area contributed by atoms with E-state index in [0.717, 1.165) is 26.2 Å². The number of nitrogens with zero attached hydrogens (tertiary/aromatic N) is 2. The molecule has 200 valence electrons. The van der Waals surface area contributed by atoms with E-state index in [1.807, 2.05) is 24.3 Å². The molecule has 0 saturated carbocycles. The summed E-state index contributed by atoms with van der Waals surface area (Å²) in [4.78, 5) is 3.96. The second-order valence-corrected chi connectivity index (χ2v) is 15.5. The Hall–Kier alpha value is -0.960. The van der Waals surface area contributed by atoms with Crippen molar-refractivity contribution in [2.24, 2.45) is 0 Å². The summed E-state index contributed by atoms with van der Waals surface area (Å²) < 4.78 is 66.9. The molecule has 0 aliphatic carbocycles. The van der Waals surface area contributed by atoms with Crippen LogP contribution < -0.4 is 9.38 Å². The summed E-state index contributed by atoms with van der Waals surface area (Å²) in [5, 5.41) is 0.599. The van der Waals surface area contributed by atoms with Gasteiger partial charge in [-0.25, -0.2) is 0 Å². The van der Waals surface area contributed by atoms with Gasteiger partial charge in [0.1, 0.15) is 0 Å². The van der Waals surface area contributed by atoms with E-state index < -0.39 is 25.6 Å². The van der Waals surface area contributed by atoms with Gasteiger partial charge in [0.2, 0.25) is 5.37 Å². The van der Waals surface area contributed by atoms with Gasteiger partial charge in [0, 0.05) is 46.5 Å². The van der Waals surface area contributed by atoms with Gasteiger partial charge in [-0.3, -0.25) is 13.6 Å². The topological polar surface area (TPSA) is 112 Å². The molecule has 1 saturated heterocycles. The van der Waals surface area contributed by atoms with E-state index in [1.165, 1.54) is 11.8 Å². The lowest BCUT2D eigenvalue weighted by Gasteiger charge is -2.38. The van der Waals surface area contributed by atoms with E-state index in [9.17, 15) is 21.4 Å². The molecule has 0 bridgehead atoms. The van der Waals surface area contributed by atoms with Crippen LogP contribution in [-0.4, -0.2) is 55.5 Å². The molecule has 2 aromatic carbocycles. The standard InChI is InChI=1S/C23H24Cl2N2O6S4/c24-15-5-7-19-17(12-15)26(9-1-2-11-36(28,29)30)21(34-19)14-22-27(10-3-4-23(27)37(31,32)33)18-13-16(25)6-8-20(18)35-22/h5-8,12-14,22-23H,1-4,9-11H2,(H-,28,29,30,31,32,33)/p+1. The molecule has 8 nitrogen and oxygen atoms in total. The first-order valence-corrected chi connectivity index (χ1v) is 17.2. The lowest BCUT2D eigenvalue weighted by atomic mass is 10.2. The maximum atomic E-state index is 12.6. The number of thioether (sulfide) groups is 2. The van der Waals surface area contributed by atoms with E-state index in [4.69, 9.17) is 27.8 Å². The first kappa shape index (κ1) is 27.6. The Morgan fingerprint density at radius 3 is 2.43 bits per heavy atom. The molecular formula is C23H25Cl2N2O6S4+. The van der Waals surface area contributed by atoms with E-state index in [-0.39, 0.29) is 22.0 Å². The van der Waals surface area contributed by atoms with Gasteiger partial charge in [0.15, 0.2) is 11.1 Å². The Morgan fingerprint density at radius 1 is 1.03 bits per heavy atom. The average molecular weight is 625 g/mol. The van der Waals surface area contributed by atoms with Crippen molar-refractivity contribution in [3.05, 3.63) is 57.5 Å². The molecule has 2 N–H and O–H groups in total. The largest absolute Gasteiger partial charge is 0.335 e. The number of benzene rings is 2. The predicted molar refractivity (Wildman–Crippen MR) is 151 cm³/mol. The van der Waals surface area contributed by atoms with Crippen LogP contribution in [0.15, 0.2) is 57.3 Å². The molecule has 2 aromatic rings. The Labute approximate surface area is 235 Å². The summed E-state index contributed by atoms with van der Waals surface area (Å²) in [5.74, 6) is -0.319. The molecule has 0 aromatic heterocycles. The molecule has 0 amide bonds. The molecule has 3 atom stereocenters. The first-order chi connectivity index (χ1) is 17.4. The van der Waals surface area contributed by atoms with E-state index >= 15 is 0 Å². The minimum Gasteiger partial charge on any atom is -0.335 e. The van der Waals surface area contributed by atoms with Gasteiger partial charge in [-0.2, -0.15) is 16.8 Å². The zero-order chi connectivity index (χ0) is 26.6. The highest BCUT2D eigenvalue weighted by molar-refractivity contribution is 8.04. The predicted octanol–water partition coefficient (Wildman–Crippen LogP) is 5.86. The van der Waals surface area contributed by atoms with Gasteiger partial charge < -0.3 is 4.90 Å². The number of rotatable bonds is 7. The van der Waals surface area contributed by atoms with Gasteiger partial charge in [-0.05, 0) is 43.2 Å². The maximum Gasteiger partial charge on any atom is 0.319 e. The second-order valence-electron chi connectivity index (χ2n) is 9.25. The van der Waals surface area contributed by atoms with Crippen LogP contribution in [0.4, 0.5) is 11.4 Å². The van der Waals surface area contributed by atoms with Crippen LogP contribution in [-0.2, 0) is 20.2 Å². The van der Waals surface area contributed by atoms with Gasteiger partial charge in [-0.15, -0.1) is 0 Å². The lowest BCUT2D eigenvalue weighted by Crippen LogP contribution is -2.58. The number of hydrogen-bond acceptors (Lipinski definition) is 7. The fourth-order valence-corrected chi connectivity index (χ4v) is 10.4. The normalized spacial score (nSPS) is 26.3. The highest BCUT2D eigenvalue weighted by Gasteiger charge is 2.59. The third-order valence-corrected chi connectivity index (χ3v) is 12.0. The van der Waals surface area contributed by atoms with Crippen LogP contribution in [0.3, 0.4) is 0 Å². The van der Waals surface area contributed by atoms with Gasteiger partial charge in [0.05, 0.1) is 27.9 Å². The third kappa shape index (κ3) is 5.42. The van der Waals surface area contributed by atoms with Crippen molar-refractivity contribution in [1.82, 2.24) is 4.48 Å². The summed E-state index contributed by atoms with van der Waals surface area (Å²) in [6.45, 7) is 1.02. The van der Waals surface area contributed by atoms with Gasteiger partial charge in [0.25, 0.3) is 10.1 Å². The number of fused-ring (bicyclic) bond motifs is 3. The van der Waals surface area contributed by atoms with Crippen molar-refractivity contribution in [3.63, 3.8) is 0 Å². The molecule has 5 rings (SSSR count). The molecule has 0 radical (unpaired) electrons. The molecule has 3 heterocycles. The minimum atomic E-state index is -4.35. The fraction of sp³-hybridized carbons (Fsp3) is 0.391. The van der Waals surface area contributed by atoms with Crippen molar-refractivity contribution in [2.75, 3.05) is 23.7 Å². The molecule has 3 aliphatic heterocycles. The number of quaternary nitrogens is 1. The molecule has 3 unspecified atom stereocenters. The van der Waals surface area contributed by atoms with Crippen molar-refractivity contribution >= 4 is 78.3 Å². The highest BCUT2D eigenvalue weighted by Crippen LogP contribution is 2.57. The SMILES string of the molecule is O=S(=O)(O)CCCCN1C(=CC2Sc3ccc(Cl)cc3[N+]23CCCC3S(=O)(=O)O)Sc2ccc(Cl)cc21. The smallest absolute Gasteiger partial charge is 0.319 e. The third-order valence-electron chi connectivity index (χ3n) is 6.92. The number of unbranched alkanes of at least 4 members (excludes halogenated alkanes) is 1. The monoisotopic (exact) mass is 623 g/mol. The quantitative estimate of drug-likeness (QED) is 0.222. The van der Waals surface area contributed by atoms with E-state index in [2.05, 4.69) is 4.90 Å². The van der Waals surface area contributed by atoms with Gasteiger partial charge in [-0.1, -0.05) is 46.7 Å². The van der Waals surface area contributed by atoms with Gasteiger partial charge >= 0.3 is 10.1 Å². The number of halogens is 2. The molecule has 3 aliphatic rings. The van der Waals surface area contributed by atoms with Crippen molar-refractivity contribution < 1.29 is 25.9 Å². The second kappa shape index (κ2) is 10.2. The Morgan fingerprint density at radius 2 is 1.73 bits per heavy atom. The Kier molecular flexibility index (Phi) is 7.62. The number of hydrogen-bond donors (Lipinski definition) is 2. The highest BCUT2D eigenvalue weighted by atomic mass is 35.5. The minimum absolute atomic E-state index is 0.0666. The summed E-state index contributed by atoms with van der Waals surface area (Å²) in [5.41, 5.74) is 1.68. The van der Waals surface area contributed by atoms with Crippen LogP contribution in [0.25, 0.3) is 0 Å². The van der Waals surface area contributed by atoms with Crippen LogP contribution in [0.2, 0.25) is 10.0 Å². The first-order valence-electron chi connectivity index (χ1n) is 11.6. The van der Waals surface area contributed by atoms with Crippen LogP contribution in [0.1, 0.15) is 25.7 Å². The maximum absolute atomic E-state index is 12.6. The number of anilines is 1. The Balaban J connectivity index is 1.54.